The van der Waals surface area contributed by atoms with E-state index in [2.05, 4.69) is 5.16 Å². The molecule has 1 aromatic heterocycles. The lowest BCUT2D eigenvalue weighted by molar-refractivity contribution is -0.162. The Morgan fingerprint density at radius 3 is 2.67 bits per heavy atom. The number of amides is 2. The number of nitrogens with zero attached hydrogens (tertiary/aromatic N) is 3. The summed E-state index contributed by atoms with van der Waals surface area (Å²) in [6, 6.07) is 2.99. The van der Waals surface area contributed by atoms with Crippen LogP contribution in [0.2, 0.25) is 10.0 Å². The predicted molar refractivity (Wildman–Crippen MR) is 144 cm³/mol. The number of benzene rings is 1. The van der Waals surface area contributed by atoms with Gasteiger partial charge in [0.1, 0.15) is 23.1 Å². The van der Waals surface area contributed by atoms with Crippen molar-refractivity contribution >= 4 is 41.0 Å². The second-order valence-electron chi connectivity index (χ2n) is 11.0. The fraction of sp³-hybridized carbons (Fsp3) is 0.571. The minimum absolute atomic E-state index is 0.0388. The third kappa shape index (κ3) is 5.11. The SMILES string of the molecule is Cc1onc(COc2ccc(Cl)c3c2[C@@H](CN2CCCC2=O)N(C(=O)C2CCCC[C@@]2(C)C(=O)O)CC3)c1Cl. The monoisotopic (exact) mass is 577 g/mol. The Hall–Kier alpha value is -2.78. The fourth-order valence-corrected chi connectivity index (χ4v) is 6.68. The standard InChI is InChI=1S/C28H33Cl2N3O6/c1-16-25(30)20(31-39-16)15-38-22-9-8-19(29)17-10-13-33(21(24(17)22)14-32-12-5-7-23(32)34)26(35)18-6-3-4-11-28(18,2)27(36)37/h8-9,18,21H,3-7,10-15H2,1-2H3,(H,36,37)/t18?,21-,28-/m1/s1. The molecule has 2 amide bonds. The van der Waals surface area contributed by atoms with Gasteiger partial charge in [0, 0.05) is 36.6 Å². The first-order valence-electron chi connectivity index (χ1n) is 13.5. The summed E-state index contributed by atoms with van der Waals surface area (Å²) in [6.45, 7) is 4.71. The van der Waals surface area contributed by atoms with Crippen LogP contribution in [0.25, 0.3) is 0 Å². The van der Waals surface area contributed by atoms with E-state index in [1.165, 1.54) is 0 Å². The molecule has 0 bridgehead atoms. The number of carboxylic acid groups (broad SMARTS) is 1. The Labute approximate surface area is 237 Å². The van der Waals surface area contributed by atoms with Gasteiger partial charge in [0.05, 0.1) is 17.4 Å². The van der Waals surface area contributed by atoms with Gasteiger partial charge >= 0.3 is 5.97 Å². The lowest BCUT2D eigenvalue weighted by Gasteiger charge is -2.45. The first kappa shape index (κ1) is 27.8. The quantitative estimate of drug-likeness (QED) is 0.481. The molecule has 1 aromatic carbocycles. The molecule has 11 heteroatoms. The molecule has 1 N–H and O–H groups in total. The molecule has 2 aromatic rings. The maximum absolute atomic E-state index is 14.2. The molecule has 2 aliphatic heterocycles. The summed E-state index contributed by atoms with van der Waals surface area (Å²) in [5, 5.41) is 15.0. The molecule has 210 valence electrons. The molecule has 0 radical (unpaired) electrons. The molecule has 3 atom stereocenters. The highest BCUT2D eigenvalue weighted by Gasteiger charge is 2.50. The minimum Gasteiger partial charge on any atom is -0.487 e. The van der Waals surface area contributed by atoms with Crippen LogP contribution in [-0.4, -0.2) is 57.5 Å². The minimum atomic E-state index is -1.14. The largest absolute Gasteiger partial charge is 0.487 e. The highest BCUT2D eigenvalue weighted by atomic mass is 35.5. The lowest BCUT2D eigenvalue weighted by Crippen LogP contribution is -2.52. The van der Waals surface area contributed by atoms with Gasteiger partial charge in [-0.05, 0) is 57.2 Å². The van der Waals surface area contributed by atoms with Crippen LogP contribution >= 0.6 is 23.2 Å². The van der Waals surface area contributed by atoms with Gasteiger partial charge in [0.2, 0.25) is 11.8 Å². The molecule has 1 saturated heterocycles. The Kier molecular flexibility index (Phi) is 7.84. The van der Waals surface area contributed by atoms with Crippen molar-refractivity contribution in [3.8, 4) is 5.75 Å². The maximum atomic E-state index is 14.2. The highest BCUT2D eigenvalue weighted by Crippen LogP contribution is 2.46. The maximum Gasteiger partial charge on any atom is 0.310 e. The van der Waals surface area contributed by atoms with Crippen LogP contribution in [0, 0.1) is 18.3 Å². The molecule has 1 unspecified atom stereocenters. The molecule has 3 heterocycles. The second kappa shape index (κ2) is 11.0. The van der Waals surface area contributed by atoms with E-state index in [0.717, 1.165) is 30.4 Å². The smallest absolute Gasteiger partial charge is 0.310 e. The van der Waals surface area contributed by atoms with Crippen molar-refractivity contribution in [3.05, 3.63) is 44.8 Å². The zero-order valence-corrected chi connectivity index (χ0v) is 23.7. The first-order chi connectivity index (χ1) is 18.6. The van der Waals surface area contributed by atoms with E-state index >= 15 is 0 Å². The van der Waals surface area contributed by atoms with Gasteiger partial charge in [-0.15, -0.1) is 0 Å². The number of carboxylic acids is 1. The van der Waals surface area contributed by atoms with E-state index in [0.29, 0.717) is 66.0 Å². The third-order valence-electron chi connectivity index (χ3n) is 8.63. The molecule has 1 aliphatic carbocycles. The van der Waals surface area contributed by atoms with Gasteiger partial charge in [-0.1, -0.05) is 41.2 Å². The molecular formula is C28H33Cl2N3O6. The number of fused-ring (bicyclic) bond motifs is 1. The number of aromatic nitrogens is 1. The molecule has 1 saturated carbocycles. The summed E-state index contributed by atoms with van der Waals surface area (Å²) in [4.78, 5) is 42.8. The Balaban J connectivity index is 1.53. The molecule has 2 fully saturated rings. The van der Waals surface area contributed by atoms with Crippen LogP contribution in [0.4, 0.5) is 0 Å². The number of hydrogen-bond donors (Lipinski definition) is 1. The molecule has 39 heavy (non-hydrogen) atoms. The van der Waals surface area contributed by atoms with Crippen molar-refractivity contribution in [2.24, 2.45) is 11.3 Å². The summed E-state index contributed by atoms with van der Waals surface area (Å²) in [7, 11) is 0. The van der Waals surface area contributed by atoms with Crippen molar-refractivity contribution < 1.29 is 28.8 Å². The zero-order valence-electron chi connectivity index (χ0n) is 22.2. The zero-order chi connectivity index (χ0) is 27.9. The van der Waals surface area contributed by atoms with Crippen molar-refractivity contribution in [1.82, 2.24) is 15.0 Å². The number of aliphatic carboxylic acids is 1. The second-order valence-corrected chi connectivity index (χ2v) is 11.8. The summed E-state index contributed by atoms with van der Waals surface area (Å²) < 4.78 is 11.4. The van der Waals surface area contributed by atoms with Crippen LogP contribution in [0.5, 0.6) is 5.75 Å². The summed E-state index contributed by atoms with van der Waals surface area (Å²) in [5.41, 5.74) is 0.916. The third-order valence-corrected chi connectivity index (χ3v) is 9.47. The van der Waals surface area contributed by atoms with Crippen LogP contribution in [0.15, 0.2) is 16.7 Å². The van der Waals surface area contributed by atoms with E-state index in [1.807, 2.05) is 0 Å². The average Bonchev–Trinajstić information content (AvgIpc) is 3.47. The topological polar surface area (TPSA) is 113 Å². The fourth-order valence-electron chi connectivity index (χ4n) is 6.29. The van der Waals surface area contributed by atoms with Crippen molar-refractivity contribution in [2.75, 3.05) is 19.6 Å². The van der Waals surface area contributed by atoms with E-state index in [9.17, 15) is 19.5 Å². The van der Waals surface area contributed by atoms with Crippen molar-refractivity contribution in [3.63, 3.8) is 0 Å². The van der Waals surface area contributed by atoms with Gasteiger partial charge in [-0.2, -0.15) is 0 Å². The average molecular weight is 578 g/mol. The summed E-state index contributed by atoms with van der Waals surface area (Å²) >= 11 is 13.0. The molecule has 9 nitrogen and oxygen atoms in total. The van der Waals surface area contributed by atoms with E-state index in [4.69, 9.17) is 32.5 Å². The number of ether oxygens (including phenoxy) is 1. The number of aryl methyl sites for hydroxylation is 1. The van der Waals surface area contributed by atoms with Crippen LogP contribution in [-0.2, 0) is 27.4 Å². The number of rotatable bonds is 7. The highest BCUT2D eigenvalue weighted by molar-refractivity contribution is 6.32. The Morgan fingerprint density at radius 2 is 2.00 bits per heavy atom. The van der Waals surface area contributed by atoms with E-state index < -0.39 is 23.3 Å². The van der Waals surface area contributed by atoms with E-state index in [-0.39, 0.29) is 25.0 Å². The summed E-state index contributed by atoms with van der Waals surface area (Å²) in [5.74, 6) is -0.743. The van der Waals surface area contributed by atoms with Crippen LogP contribution in [0.3, 0.4) is 0 Å². The van der Waals surface area contributed by atoms with Gasteiger partial charge in [0.25, 0.3) is 0 Å². The number of carbonyl (C=O) groups excluding carboxylic acids is 2. The van der Waals surface area contributed by atoms with E-state index in [1.54, 1.807) is 35.8 Å². The van der Waals surface area contributed by atoms with Crippen molar-refractivity contribution in [2.45, 2.75) is 71.4 Å². The number of hydrogen-bond acceptors (Lipinski definition) is 6. The van der Waals surface area contributed by atoms with Gasteiger partial charge in [-0.25, -0.2) is 0 Å². The molecule has 0 spiro atoms. The first-order valence-corrected chi connectivity index (χ1v) is 14.2. The summed E-state index contributed by atoms with van der Waals surface area (Å²) in [6.07, 6.45) is 4.27. The Morgan fingerprint density at radius 1 is 1.21 bits per heavy atom. The predicted octanol–water partition coefficient (Wildman–Crippen LogP) is 5.20. The van der Waals surface area contributed by atoms with Crippen LogP contribution < -0.4 is 4.74 Å². The normalized spacial score (nSPS) is 25.1. The number of carbonyl (C=O) groups is 3. The lowest BCUT2D eigenvalue weighted by atomic mass is 9.66. The molecule has 3 aliphatic rings. The van der Waals surface area contributed by atoms with Gasteiger partial charge < -0.3 is 24.2 Å². The van der Waals surface area contributed by atoms with Crippen molar-refractivity contribution in [1.29, 1.82) is 0 Å². The number of halogens is 2. The number of likely N-dealkylation sites (tertiary alicyclic amines) is 1. The van der Waals surface area contributed by atoms with Gasteiger partial charge in [0.15, 0.2) is 5.76 Å². The molecule has 5 rings (SSSR count). The molecular weight excluding hydrogens is 545 g/mol. The van der Waals surface area contributed by atoms with Gasteiger partial charge in [-0.3, -0.25) is 14.4 Å². The van der Waals surface area contributed by atoms with Crippen LogP contribution in [0.1, 0.15) is 74.1 Å². The Bertz CT molecular complexity index is 1300.